The molecule has 2 N–H and O–H groups in total. The summed E-state index contributed by atoms with van der Waals surface area (Å²) in [5.74, 6) is 1.29. The average molecular weight is 187 g/mol. The van der Waals surface area contributed by atoms with E-state index in [-0.39, 0.29) is 0 Å². The van der Waals surface area contributed by atoms with E-state index in [9.17, 15) is 5.11 Å². The molecule has 0 aromatic rings. The molecule has 0 aromatic carbocycles. The predicted octanol–water partition coefficient (Wildman–Crippen LogP) is 2.03. The lowest BCUT2D eigenvalue weighted by atomic mass is 9.95. The quantitative estimate of drug-likeness (QED) is 0.658. The first-order chi connectivity index (χ1) is 5.90. The second-order valence-corrected chi connectivity index (χ2v) is 4.69. The van der Waals surface area contributed by atoms with E-state index in [0.717, 1.165) is 19.0 Å². The fourth-order valence-corrected chi connectivity index (χ4v) is 0.936. The molecule has 0 radical (unpaired) electrons. The maximum Gasteiger partial charge on any atom is 0.0781 e. The number of β-amino-alcohol motifs (C(OH)–C–C–N with tert-alkyl or cyclic N) is 1. The van der Waals surface area contributed by atoms with Gasteiger partial charge in [-0.3, -0.25) is 0 Å². The van der Waals surface area contributed by atoms with Crippen LogP contribution in [0.4, 0.5) is 0 Å². The van der Waals surface area contributed by atoms with Crippen LogP contribution in [0, 0.1) is 11.8 Å². The summed E-state index contributed by atoms with van der Waals surface area (Å²) in [6.45, 7) is 12.3. The summed E-state index contributed by atoms with van der Waals surface area (Å²) < 4.78 is 0. The van der Waals surface area contributed by atoms with Gasteiger partial charge in [0.05, 0.1) is 5.60 Å². The van der Waals surface area contributed by atoms with Crippen molar-refractivity contribution in [2.75, 3.05) is 13.1 Å². The van der Waals surface area contributed by atoms with Gasteiger partial charge in [-0.05, 0) is 18.8 Å². The third-order valence-corrected chi connectivity index (χ3v) is 2.81. The Bertz CT molecular complexity index is 132. The second kappa shape index (κ2) is 5.61. The Morgan fingerprint density at radius 2 is 2.00 bits per heavy atom. The molecule has 1 rings (SSSR count). The Labute approximate surface area is 82.7 Å². The Morgan fingerprint density at radius 3 is 2.08 bits per heavy atom. The van der Waals surface area contributed by atoms with Crippen molar-refractivity contribution >= 4 is 0 Å². The van der Waals surface area contributed by atoms with Crippen LogP contribution in [0.2, 0.25) is 0 Å². The number of aliphatic hydroxyl groups is 1. The second-order valence-electron chi connectivity index (χ2n) is 4.69. The zero-order chi connectivity index (χ0) is 10.5. The zero-order valence-electron chi connectivity index (χ0n) is 9.72. The van der Waals surface area contributed by atoms with Crippen molar-refractivity contribution in [3.8, 4) is 0 Å². The van der Waals surface area contributed by atoms with Crippen LogP contribution in [0.25, 0.3) is 0 Å². The van der Waals surface area contributed by atoms with Crippen LogP contribution >= 0.6 is 0 Å². The number of nitrogens with one attached hydrogen (secondary N) is 1. The van der Waals surface area contributed by atoms with Gasteiger partial charge in [-0.1, -0.05) is 34.1 Å². The monoisotopic (exact) mass is 187 g/mol. The lowest BCUT2D eigenvalue weighted by Gasteiger charge is -2.19. The minimum Gasteiger partial charge on any atom is -0.389 e. The molecular formula is C11H25NO. The summed E-state index contributed by atoms with van der Waals surface area (Å²) in [6.07, 6.45) is 1.31. The molecule has 2 atom stereocenters. The first-order valence-electron chi connectivity index (χ1n) is 5.33. The summed E-state index contributed by atoms with van der Waals surface area (Å²) in [7, 11) is 0. The van der Waals surface area contributed by atoms with Crippen molar-refractivity contribution in [2.24, 2.45) is 11.8 Å². The normalized spacial score (nSPS) is 33.0. The Morgan fingerprint density at radius 1 is 1.54 bits per heavy atom. The summed E-state index contributed by atoms with van der Waals surface area (Å²) >= 11 is 0. The smallest absolute Gasteiger partial charge is 0.0781 e. The van der Waals surface area contributed by atoms with Crippen molar-refractivity contribution in [1.29, 1.82) is 0 Å². The highest BCUT2D eigenvalue weighted by molar-refractivity contribution is 4.88. The molecule has 0 aromatic heterocycles. The van der Waals surface area contributed by atoms with Crippen molar-refractivity contribution in [2.45, 2.75) is 46.6 Å². The molecule has 1 heterocycles. The van der Waals surface area contributed by atoms with Gasteiger partial charge in [0.2, 0.25) is 0 Å². The van der Waals surface area contributed by atoms with E-state index >= 15 is 0 Å². The van der Waals surface area contributed by atoms with Gasteiger partial charge in [0.1, 0.15) is 0 Å². The van der Waals surface area contributed by atoms with Crippen molar-refractivity contribution in [3.63, 3.8) is 0 Å². The number of hydrogen-bond acceptors (Lipinski definition) is 2. The Hall–Kier alpha value is -0.0800. The van der Waals surface area contributed by atoms with E-state index in [2.05, 4.69) is 33.0 Å². The topological polar surface area (TPSA) is 32.3 Å². The minimum atomic E-state index is -0.458. The first kappa shape index (κ1) is 12.9. The van der Waals surface area contributed by atoms with Crippen molar-refractivity contribution < 1.29 is 5.11 Å². The van der Waals surface area contributed by atoms with Gasteiger partial charge in [0.25, 0.3) is 0 Å². The molecule has 0 aliphatic carbocycles. The molecule has 0 amide bonds. The molecule has 0 spiro atoms. The summed E-state index contributed by atoms with van der Waals surface area (Å²) in [5.41, 5.74) is -0.458. The van der Waals surface area contributed by atoms with E-state index < -0.39 is 5.60 Å². The fourth-order valence-electron chi connectivity index (χ4n) is 0.936. The van der Waals surface area contributed by atoms with Gasteiger partial charge < -0.3 is 10.4 Å². The standard InChI is InChI=1S/C6H13NO.C5H12/c1-5-3-7-4-6(5,2)8;1-4-5(2)3/h5,7-8H,3-4H2,1-2H3;5H,4H2,1-3H3. The molecular weight excluding hydrogens is 162 g/mol. The molecule has 0 saturated carbocycles. The van der Waals surface area contributed by atoms with Gasteiger partial charge in [-0.2, -0.15) is 0 Å². The van der Waals surface area contributed by atoms with Crippen LogP contribution in [0.5, 0.6) is 0 Å². The third kappa shape index (κ3) is 5.27. The molecule has 2 unspecified atom stereocenters. The highest BCUT2D eigenvalue weighted by atomic mass is 16.3. The maximum atomic E-state index is 9.40. The number of rotatable bonds is 1. The van der Waals surface area contributed by atoms with Crippen molar-refractivity contribution in [3.05, 3.63) is 0 Å². The molecule has 1 aliphatic heterocycles. The maximum absolute atomic E-state index is 9.40. The van der Waals surface area contributed by atoms with E-state index in [1.54, 1.807) is 0 Å². The number of hydrogen-bond donors (Lipinski definition) is 2. The lowest BCUT2D eigenvalue weighted by molar-refractivity contribution is 0.0433. The van der Waals surface area contributed by atoms with E-state index in [4.69, 9.17) is 0 Å². The SMILES string of the molecule is CC1CNCC1(C)O.CCC(C)C. The molecule has 2 nitrogen and oxygen atoms in total. The van der Waals surface area contributed by atoms with E-state index in [0.29, 0.717) is 5.92 Å². The molecule has 0 bridgehead atoms. The molecule has 13 heavy (non-hydrogen) atoms. The highest BCUT2D eigenvalue weighted by Gasteiger charge is 2.32. The highest BCUT2D eigenvalue weighted by Crippen LogP contribution is 2.19. The summed E-state index contributed by atoms with van der Waals surface area (Å²) in [6, 6.07) is 0. The Kier molecular flexibility index (Phi) is 5.57. The summed E-state index contributed by atoms with van der Waals surface area (Å²) in [5, 5.41) is 12.5. The van der Waals surface area contributed by atoms with Crippen LogP contribution in [0.1, 0.15) is 41.0 Å². The van der Waals surface area contributed by atoms with Crippen LogP contribution in [0.3, 0.4) is 0 Å². The largest absolute Gasteiger partial charge is 0.389 e. The van der Waals surface area contributed by atoms with E-state index in [1.165, 1.54) is 6.42 Å². The zero-order valence-corrected chi connectivity index (χ0v) is 9.72. The molecule has 1 saturated heterocycles. The van der Waals surface area contributed by atoms with Crippen LogP contribution in [0.15, 0.2) is 0 Å². The van der Waals surface area contributed by atoms with Gasteiger partial charge in [-0.15, -0.1) is 0 Å². The molecule has 80 valence electrons. The lowest BCUT2D eigenvalue weighted by Crippen LogP contribution is -2.31. The molecule has 1 fully saturated rings. The average Bonchev–Trinajstić information content (AvgIpc) is 2.32. The van der Waals surface area contributed by atoms with Gasteiger partial charge in [0.15, 0.2) is 0 Å². The third-order valence-electron chi connectivity index (χ3n) is 2.81. The van der Waals surface area contributed by atoms with Crippen LogP contribution < -0.4 is 5.32 Å². The minimum absolute atomic E-state index is 0.405. The molecule has 1 aliphatic rings. The van der Waals surface area contributed by atoms with Gasteiger partial charge in [0, 0.05) is 13.1 Å². The summed E-state index contributed by atoms with van der Waals surface area (Å²) in [4.78, 5) is 0. The van der Waals surface area contributed by atoms with Gasteiger partial charge >= 0.3 is 0 Å². The fraction of sp³-hybridized carbons (Fsp3) is 1.00. The predicted molar refractivity (Wildman–Crippen MR) is 57.8 cm³/mol. The van der Waals surface area contributed by atoms with Crippen LogP contribution in [-0.4, -0.2) is 23.8 Å². The molecule has 2 heteroatoms. The van der Waals surface area contributed by atoms with Crippen molar-refractivity contribution in [1.82, 2.24) is 5.32 Å². The Balaban J connectivity index is 0.000000252. The van der Waals surface area contributed by atoms with Crippen LogP contribution in [-0.2, 0) is 0 Å². The van der Waals surface area contributed by atoms with Gasteiger partial charge in [-0.25, -0.2) is 0 Å². The first-order valence-corrected chi connectivity index (χ1v) is 5.33. The van der Waals surface area contributed by atoms with E-state index in [1.807, 2.05) is 6.92 Å².